The van der Waals surface area contributed by atoms with E-state index < -0.39 is 11.7 Å². The third-order valence-corrected chi connectivity index (χ3v) is 2.33. The predicted molar refractivity (Wildman–Crippen MR) is 75.5 cm³/mol. The van der Waals surface area contributed by atoms with Crippen molar-refractivity contribution in [3.63, 3.8) is 0 Å². The Morgan fingerprint density at radius 1 is 1.20 bits per heavy atom. The van der Waals surface area contributed by atoms with E-state index in [1.54, 1.807) is 39.0 Å². The van der Waals surface area contributed by atoms with Gasteiger partial charge < -0.3 is 4.74 Å². The molecular formula is C14H20N2O4. The number of anilines is 1. The van der Waals surface area contributed by atoms with Crippen molar-refractivity contribution in [3.8, 4) is 0 Å². The average molecular weight is 280 g/mol. The van der Waals surface area contributed by atoms with Crippen LogP contribution >= 0.6 is 0 Å². The van der Waals surface area contributed by atoms with Crippen molar-refractivity contribution < 1.29 is 19.2 Å². The molecule has 0 bridgehead atoms. The van der Waals surface area contributed by atoms with Crippen LogP contribution in [0.1, 0.15) is 36.7 Å². The molecule has 2 amide bonds. The number of nitrogens with one attached hydrogen (secondary N) is 2. The van der Waals surface area contributed by atoms with Crippen LogP contribution in [0.25, 0.3) is 0 Å². The maximum Gasteiger partial charge on any atom is 0.412 e. The topological polar surface area (TPSA) is 76.7 Å². The van der Waals surface area contributed by atoms with E-state index in [0.29, 0.717) is 11.3 Å². The molecule has 1 aromatic rings. The van der Waals surface area contributed by atoms with E-state index in [1.807, 2.05) is 6.92 Å². The van der Waals surface area contributed by atoms with E-state index >= 15 is 0 Å². The average Bonchev–Trinajstić information content (AvgIpc) is 2.29. The summed E-state index contributed by atoms with van der Waals surface area (Å²) in [6, 6.07) is 4.94. The molecule has 20 heavy (non-hydrogen) atoms. The van der Waals surface area contributed by atoms with E-state index in [2.05, 4.69) is 15.6 Å². The number of benzene rings is 1. The van der Waals surface area contributed by atoms with Crippen LogP contribution in [0.5, 0.6) is 0 Å². The Kier molecular flexibility index (Phi) is 5.10. The van der Waals surface area contributed by atoms with E-state index in [-0.39, 0.29) is 5.91 Å². The standard InChI is InChI=1S/C14H20N2O4/c1-9-6-7-10(12(17)16-19-5)8-11(9)15-13(18)20-14(2,3)4/h6-8H,1-5H3,(H,15,18)(H,16,17). The molecule has 0 spiro atoms. The van der Waals surface area contributed by atoms with E-state index in [1.165, 1.54) is 7.11 Å². The van der Waals surface area contributed by atoms with E-state index in [4.69, 9.17) is 4.74 Å². The Hall–Kier alpha value is -2.08. The Morgan fingerprint density at radius 3 is 2.40 bits per heavy atom. The number of ether oxygens (including phenoxy) is 1. The van der Waals surface area contributed by atoms with Gasteiger partial charge in [-0.15, -0.1) is 0 Å². The Morgan fingerprint density at radius 2 is 1.85 bits per heavy atom. The SMILES string of the molecule is CONC(=O)c1ccc(C)c(NC(=O)OC(C)(C)C)c1. The highest BCUT2D eigenvalue weighted by molar-refractivity contribution is 5.96. The second kappa shape index (κ2) is 6.38. The molecule has 1 aromatic carbocycles. The predicted octanol–water partition coefficient (Wildman–Crippen LogP) is 2.63. The molecule has 6 heteroatoms. The van der Waals surface area contributed by atoms with Gasteiger partial charge in [0.25, 0.3) is 5.91 Å². The molecule has 0 aliphatic heterocycles. The minimum Gasteiger partial charge on any atom is -0.444 e. The highest BCUT2D eigenvalue weighted by Gasteiger charge is 2.17. The summed E-state index contributed by atoms with van der Waals surface area (Å²) in [5.74, 6) is -0.389. The van der Waals surface area contributed by atoms with Crippen LogP contribution in [0.4, 0.5) is 10.5 Å². The molecule has 0 saturated carbocycles. The summed E-state index contributed by atoms with van der Waals surface area (Å²) in [5.41, 5.74) is 3.36. The number of hydrogen-bond donors (Lipinski definition) is 2. The lowest BCUT2D eigenvalue weighted by Crippen LogP contribution is -2.27. The second-order valence-corrected chi connectivity index (χ2v) is 5.29. The molecule has 110 valence electrons. The molecule has 0 atom stereocenters. The maximum atomic E-state index is 11.7. The van der Waals surface area contributed by atoms with Gasteiger partial charge in [0.05, 0.1) is 7.11 Å². The van der Waals surface area contributed by atoms with Crippen molar-refractivity contribution in [2.45, 2.75) is 33.3 Å². The Balaban J connectivity index is 2.87. The third-order valence-electron chi connectivity index (χ3n) is 2.33. The van der Waals surface area contributed by atoms with Crippen LogP contribution in [0.15, 0.2) is 18.2 Å². The first kappa shape index (κ1) is 16.0. The lowest BCUT2D eigenvalue weighted by Gasteiger charge is -2.20. The van der Waals surface area contributed by atoms with Gasteiger partial charge in [0, 0.05) is 11.3 Å². The van der Waals surface area contributed by atoms with Gasteiger partial charge in [-0.2, -0.15) is 0 Å². The number of hydrogen-bond acceptors (Lipinski definition) is 4. The zero-order chi connectivity index (χ0) is 15.3. The molecular weight excluding hydrogens is 260 g/mol. The summed E-state index contributed by atoms with van der Waals surface area (Å²) in [5, 5.41) is 2.62. The minimum atomic E-state index is -0.580. The summed E-state index contributed by atoms with van der Waals surface area (Å²) in [6.45, 7) is 7.16. The van der Waals surface area contributed by atoms with Crippen LogP contribution in [0.2, 0.25) is 0 Å². The first-order valence-corrected chi connectivity index (χ1v) is 6.17. The first-order valence-electron chi connectivity index (χ1n) is 6.17. The molecule has 0 aliphatic rings. The number of rotatable bonds is 3. The molecule has 0 saturated heterocycles. The highest BCUT2D eigenvalue weighted by atomic mass is 16.6. The molecule has 0 unspecified atom stereocenters. The molecule has 0 heterocycles. The third kappa shape index (κ3) is 4.89. The molecule has 0 radical (unpaired) electrons. The molecule has 0 aromatic heterocycles. The van der Waals surface area contributed by atoms with Crippen LogP contribution < -0.4 is 10.8 Å². The van der Waals surface area contributed by atoms with Crippen LogP contribution in [0.3, 0.4) is 0 Å². The monoisotopic (exact) mass is 280 g/mol. The molecule has 0 fully saturated rings. The quantitative estimate of drug-likeness (QED) is 0.834. The van der Waals surface area contributed by atoms with Gasteiger partial charge >= 0.3 is 6.09 Å². The Labute approximate surface area is 118 Å². The van der Waals surface area contributed by atoms with Gasteiger partial charge in [-0.1, -0.05) is 6.07 Å². The van der Waals surface area contributed by atoms with Gasteiger partial charge in [0.2, 0.25) is 0 Å². The van der Waals surface area contributed by atoms with Gasteiger partial charge in [0.15, 0.2) is 0 Å². The summed E-state index contributed by atoms with van der Waals surface area (Å²) in [4.78, 5) is 27.9. The highest BCUT2D eigenvalue weighted by Crippen LogP contribution is 2.18. The van der Waals surface area contributed by atoms with Crippen LogP contribution in [0, 0.1) is 6.92 Å². The van der Waals surface area contributed by atoms with E-state index in [0.717, 1.165) is 5.56 Å². The zero-order valence-electron chi connectivity index (χ0n) is 12.4. The van der Waals surface area contributed by atoms with E-state index in [9.17, 15) is 9.59 Å². The number of carbonyl (C=O) groups excluding carboxylic acids is 2. The summed E-state index contributed by atoms with van der Waals surface area (Å²) < 4.78 is 5.17. The lowest BCUT2D eigenvalue weighted by atomic mass is 10.1. The molecule has 0 aliphatic carbocycles. The van der Waals surface area contributed by atoms with Gasteiger partial charge in [0.1, 0.15) is 5.60 Å². The number of carbonyl (C=O) groups is 2. The smallest absolute Gasteiger partial charge is 0.412 e. The lowest BCUT2D eigenvalue weighted by molar-refractivity contribution is 0.0536. The van der Waals surface area contributed by atoms with Crippen molar-refractivity contribution in [2.75, 3.05) is 12.4 Å². The summed E-state index contributed by atoms with van der Waals surface area (Å²) >= 11 is 0. The van der Waals surface area contributed by atoms with Crippen molar-refractivity contribution in [1.82, 2.24) is 5.48 Å². The molecule has 1 rings (SSSR count). The number of amides is 2. The molecule has 6 nitrogen and oxygen atoms in total. The van der Waals surface area contributed by atoms with Crippen molar-refractivity contribution in [3.05, 3.63) is 29.3 Å². The van der Waals surface area contributed by atoms with Crippen LogP contribution in [-0.2, 0) is 9.57 Å². The van der Waals surface area contributed by atoms with Crippen molar-refractivity contribution in [2.24, 2.45) is 0 Å². The normalized spacial score (nSPS) is 10.8. The van der Waals surface area contributed by atoms with Crippen molar-refractivity contribution in [1.29, 1.82) is 0 Å². The van der Waals surface area contributed by atoms with Gasteiger partial charge in [-0.3, -0.25) is 14.9 Å². The number of hydroxylamine groups is 1. The largest absolute Gasteiger partial charge is 0.444 e. The Bertz CT molecular complexity index is 506. The minimum absolute atomic E-state index is 0.378. The first-order chi connectivity index (χ1) is 9.23. The van der Waals surface area contributed by atoms with Gasteiger partial charge in [-0.05, 0) is 45.4 Å². The van der Waals surface area contributed by atoms with Crippen LogP contribution in [-0.4, -0.2) is 24.7 Å². The maximum absolute atomic E-state index is 11.7. The van der Waals surface area contributed by atoms with Crippen molar-refractivity contribution >= 4 is 17.7 Å². The summed E-state index contributed by atoms with van der Waals surface area (Å²) in [6.07, 6.45) is -0.565. The van der Waals surface area contributed by atoms with Gasteiger partial charge in [-0.25, -0.2) is 10.3 Å². The fourth-order valence-corrected chi connectivity index (χ4v) is 1.46. The summed E-state index contributed by atoms with van der Waals surface area (Å²) in [7, 11) is 1.35. The zero-order valence-corrected chi connectivity index (χ0v) is 12.4. The number of aryl methyl sites for hydroxylation is 1. The second-order valence-electron chi connectivity index (χ2n) is 5.29. The fraction of sp³-hybridized carbons (Fsp3) is 0.429. The fourth-order valence-electron chi connectivity index (χ4n) is 1.46. The molecule has 2 N–H and O–H groups in total.